The van der Waals surface area contributed by atoms with Crippen molar-refractivity contribution in [1.82, 2.24) is 0 Å². The van der Waals surface area contributed by atoms with E-state index >= 15 is 0 Å². The molecule has 0 aliphatic heterocycles. The van der Waals surface area contributed by atoms with Gasteiger partial charge in [-0.25, -0.2) is 0 Å². The average Bonchev–Trinajstić information content (AvgIpc) is 2.46. The van der Waals surface area contributed by atoms with E-state index in [4.69, 9.17) is 0 Å². The third-order valence-corrected chi connectivity index (χ3v) is 4.10. The molecule has 1 aromatic rings. The standard InChI is InChI=1S/C15H20N2O6/c1-4-5-6-12(14(18)19)15(2,3)11-8-7-10(16(20)21)9-13(11)17(22)23/h7-9,12H,4-6H2,1-3H3,(H,18,19). The number of nitro benzene ring substituents is 2. The topological polar surface area (TPSA) is 124 Å². The first kappa shape index (κ1) is 18.5. The smallest absolute Gasteiger partial charge is 0.307 e. The summed E-state index contributed by atoms with van der Waals surface area (Å²) in [5.74, 6) is -1.85. The van der Waals surface area contributed by atoms with Gasteiger partial charge in [0.2, 0.25) is 0 Å². The first-order chi connectivity index (χ1) is 10.6. The van der Waals surface area contributed by atoms with Crippen molar-refractivity contribution in [2.75, 3.05) is 0 Å². The highest BCUT2D eigenvalue weighted by atomic mass is 16.6. The molecule has 0 aromatic heterocycles. The van der Waals surface area contributed by atoms with Gasteiger partial charge in [0.25, 0.3) is 11.4 Å². The molecule has 0 aliphatic carbocycles. The fraction of sp³-hybridized carbons (Fsp3) is 0.533. The Morgan fingerprint density at radius 3 is 2.30 bits per heavy atom. The molecule has 0 spiro atoms. The maximum absolute atomic E-state index is 11.6. The first-order valence-electron chi connectivity index (χ1n) is 7.29. The van der Waals surface area contributed by atoms with Crippen LogP contribution >= 0.6 is 0 Å². The molecule has 1 rings (SSSR count). The third kappa shape index (κ3) is 4.02. The molecule has 1 atom stereocenters. The molecular weight excluding hydrogens is 304 g/mol. The summed E-state index contributed by atoms with van der Waals surface area (Å²) in [5.41, 5.74) is -1.65. The fourth-order valence-electron chi connectivity index (χ4n) is 2.72. The molecular formula is C15H20N2O6. The molecule has 8 heteroatoms. The van der Waals surface area contributed by atoms with E-state index in [-0.39, 0.29) is 5.56 Å². The Labute approximate surface area is 133 Å². The highest BCUT2D eigenvalue weighted by Gasteiger charge is 2.40. The summed E-state index contributed by atoms with van der Waals surface area (Å²) in [4.78, 5) is 32.3. The number of nitro groups is 2. The number of rotatable bonds is 8. The minimum Gasteiger partial charge on any atom is -0.481 e. The lowest BCUT2D eigenvalue weighted by Crippen LogP contribution is -2.35. The molecule has 1 N–H and O–H groups in total. The minimum absolute atomic E-state index is 0.191. The zero-order valence-electron chi connectivity index (χ0n) is 13.3. The van der Waals surface area contributed by atoms with Crippen LogP contribution in [-0.2, 0) is 10.2 Å². The number of benzene rings is 1. The van der Waals surface area contributed by atoms with Gasteiger partial charge in [-0.05, 0) is 12.5 Å². The molecule has 126 valence electrons. The summed E-state index contributed by atoms with van der Waals surface area (Å²) in [6.07, 6.45) is 1.87. The summed E-state index contributed by atoms with van der Waals surface area (Å²) < 4.78 is 0. The number of unbranched alkanes of at least 4 members (excludes halogenated alkanes) is 1. The number of carboxylic acids is 1. The molecule has 1 unspecified atom stereocenters. The van der Waals surface area contributed by atoms with E-state index in [1.807, 2.05) is 6.92 Å². The van der Waals surface area contributed by atoms with Crippen LogP contribution in [0.5, 0.6) is 0 Å². The summed E-state index contributed by atoms with van der Waals surface area (Å²) in [6.45, 7) is 5.17. The van der Waals surface area contributed by atoms with Crippen molar-refractivity contribution >= 4 is 17.3 Å². The predicted molar refractivity (Wildman–Crippen MR) is 83.4 cm³/mol. The SMILES string of the molecule is CCCCC(C(=O)O)C(C)(C)c1ccc([N+](=O)[O-])cc1[N+](=O)[O-]. The van der Waals surface area contributed by atoms with Gasteiger partial charge in [0.15, 0.2) is 0 Å². The normalized spacial score (nSPS) is 12.7. The van der Waals surface area contributed by atoms with Crippen molar-refractivity contribution < 1.29 is 19.7 Å². The van der Waals surface area contributed by atoms with Crippen molar-refractivity contribution in [3.63, 3.8) is 0 Å². The Morgan fingerprint density at radius 1 is 1.26 bits per heavy atom. The molecule has 0 saturated carbocycles. The van der Waals surface area contributed by atoms with E-state index in [0.717, 1.165) is 12.5 Å². The van der Waals surface area contributed by atoms with Crippen LogP contribution in [-0.4, -0.2) is 20.9 Å². The Kier molecular flexibility index (Phi) is 5.78. The van der Waals surface area contributed by atoms with Gasteiger partial charge in [0.1, 0.15) is 0 Å². The molecule has 0 radical (unpaired) electrons. The van der Waals surface area contributed by atoms with Gasteiger partial charge in [0, 0.05) is 17.0 Å². The molecule has 0 heterocycles. The van der Waals surface area contributed by atoms with E-state index < -0.39 is 38.5 Å². The summed E-state index contributed by atoms with van der Waals surface area (Å²) in [5, 5.41) is 31.6. The summed E-state index contributed by atoms with van der Waals surface area (Å²) in [7, 11) is 0. The van der Waals surface area contributed by atoms with Gasteiger partial charge >= 0.3 is 5.97 Å². The van der Waals surface area contributed by atoms with Gasteiger partial charge < -0.3 is 5.11 Å². The van der Waals surface area contributed by atoms with Crippen LogP contribution in [0.25, 0.3) is 0 Å². The van der Waals surface area contributed by atoms with E-state index in [2.05, 4.69) is 0 Å². The Balaban J connectivity index is 3.42. The largest absolute Gasteiger partial charge is 0.481 e. The number of hydrogen-bond acceptors (Lipinski definition) is 5. The first-order valence-corrected chi connectivity index (χ1v) is 7.29. The second kappa shape index (κ2) is 7.17. The maximum Gasteiger partial charge on any atom is 0.307 e. The zero-order valence-corrected chi connectivity index (χ0v) is 13.3. The van der Waals surface area contributed by atoms with Crippen molar-refractivity contribution in [3.05, 3.63) is 44.0 Å². The summed E-state index contributed by atoms with van der Waals surface area (Å²) in [6, 6.07) is 3.34. The zero-order chi connectivity index (χ0) is 17.8. The second-order valence-corrected chi connectivity index (χ2v) is 5.97. The molecule has 0 aliphatic rings. The number of aliphatic carboxylic acids is 1. The van der Waals surface area contributed by atoms with Crippen molar-refractivity contribution in [1.29, 1.82) is 0 Å². The van der Waals surface area contributed by atoms with Gasteiger partial charge in [-0.3, -0.25) is 25.0 Å². The van der Waals surface area contributed by atoms with Crippen LogP contribution in [0.3, 0.4) is 0 Å². The minimum atomic E-state index is -1.03. The van der Waals surface area contributed by atoms with Crippen LogP contribution in [0.15, 0.2) is 18.2 Å². The van der Waals surface area contributed by atoms with Crippen LogP contribution < -0.4 is 0 Å². The van der Waals surface area contributed by atoms with Gasteiger partial charge in [-0.15, -0.1) is 0 Å². The lowest BCUT2D eigenvalue weighted by Gasteiger charge is -2.31. The van der Waals surface area contributed by atoms with E-state index in [1.165, 1.54) is 12.1 Å². The highest BCUT2D eigenvalue weighted by molar-refractivity contribution is 5.73. The van der Waals surface area contributed by atoms with Gasteiger partial charge in [-0.1, -0.05) is 33.6 Å². The second-order valence-electron chi connectivity index (χ2n) is 5.97. The third-order valence-electron chi connectivity index (χ3n) is 4.10. The average molecular weight is 324 g/mol. The lowest BCUT2D eigenvalue weighted by molar-refractivity contribution is -0.394. The van der Waals surface area contributed by atoms with Crippen LogP contribution in [0, 0.1) is 26.1 Å². The van der Waals surface area contributed by atoms with Crippen molar-refractivity contribution in [2.45, 2.75) is 45.4 Å². The summed E-state index contributed by atoms with van der Waals surface area (Å²) >= 11 is 0. The number of carbonyl (C=O) groups is 1. The Morgan fingerprint density at radius 2 is 1.87 bits per heavy atom. The van der Waals surface area contributed by atoms with Crippen LogP contribution in [0.2, 0.25) is 0 Å². The van der Waals surface area contributed by atoms with Crippen LogP contribution in [0.1, 0.15) is 45.6 Å². The lowest BCUT2D eigenvalue weighted by atomic mass is 9.70. The Bertz CT molecular complexity index is 626. The number of nitrogens with zero attached hydrogens (tertiary/aromatic N) is 2. The number of carboxylic acid groups (broad SMARTS) is 1. The van der Waals surface area contributed by atoms with Crippen molar-refractivity contribution in [3.8, 4) is 0 Å². The van der Waals surface area contributed by atoms with Gasteiger partial charge in [0.05, 0.1) is 21.8 Å². The molecule has 8 nitrogen and oxygen atoms in total. The monoisotopic (exact) mass is 324 g/mol. The molecule has 0 amide bonds. The molecule has 23 heavy (non-hydrogen) atoms. The molecule has 0 fully saturated rings. The quantitative estimate of drug-likeness (QED) is 0.574. The Hall–Kier alpha value is -2.51. The van der Waals surface area contributed by atoms with Crippen LogP contribution in [0.4, 0.5) is 11.4 Å². The fourth-order valence-corrected chi connectivity index (χ4v) is 2.72. The molecule has 0 saturated heterocycles. The maximum atomic E-state index is 11.6. The number of non-ortho nitro benzene ring substituents is 1. The van der Waals surface area contributed by atoms with E-state index in [0.29, 0.717) is 12.8 Å². The van der Waals surface area contributed by atoms with Gasteiger partial charge in [-0.2, -0.15) is 0 Å². The van der Waals surface area contributed by atoms with Crippen molar-refractivity contribution in [2.24, 2.45) is 5.92 Å². The van der Waals surface area contributed by atoms with E-state index in [9.17, 15) is 30.1 Å². The molecule has 1 aromatic carbocycles. The van der Waals surface area contributed by atoms with E-state index in [1.54, 1.807) is 13.8 Å². The number of hydrogen-bond donors (Lipinski definition) is 1. The highest BCUT2D eigenvalue weighted by Crippen LogP contribution is 2.41. The molecule has 0 bridgehead atoms. The predicted octanol–water partition coefficient (Wildman–Crippen LogP) is 3.67.